The van der Waals surface area contributed by atoms with Gasteiger partial charge in [0.15, 0.2) is 23.8 Å². The van der Waals surface area contributed by atoms with E-state index in [1.807, 2.05) is 18.2 Å². The second-order valence-electron chi connectivity index (χ2n) is 5.42. The van der Waals surface area contributed by atoms with Crippen LogP contribution in [0.4, 0.5) is 0 Å². The Bertz CT molecular complexity index is 763. The number of aromatic nitrogens is 2. The molecular formula is C17H17N3O5. The van der Waals surface area contributed by atoms with Gasteiger partial charge in [0.05, 0.1) is 18.4 Å². The summed E-state index contributed by atoms with van der Waals surface area (Å²) < 4.78 is 16.2. The molecule has 1 aromatic heterocycles. The van der Waals surface area contributed by atoms with Gasteiger partial charge in [-0.3, -0.25) is 9.78 Å². The van der Waals surface area contributed by atoms with Gasteiger partial charge in [-0.25, -0.2) is 9.78 Å². The first kappa shape index (κ1) is 16.7. The minimum atomic E-state index is -0.700. The number of hydrogen-bond acceptors (Lipinski definition) is 7. The average molecular weight is 343 g/mol. The number of rotatable bonds is 5. The van der Waals surface area contributed by atoms with Crippen molar-refractivity contribution in [2.24, 2.45) is 0 Å². The molecule has 1 amide bonds. The van der Waals surface area contributed by atoms with Gasteiger partial charge in [0, 0.05) is 6.20 Å². The molecule has 0 radical (unpaired) electrons. The first-order chi connectivity index (χ1) is 12.1. The zero-order chi connectivity index (χ0) is 17.6. The molecule has 0 fully saturated rings. The molecule has 2 aromatic rings. The molecule has 1 aliphatic rings. The van der Waals surface area contributed by atoms with E-state index in [4.69, 9.17) is 14.2 Å². The van der Waals surface area contributed by atoms with Crippen LogP contribution in [0.3, 0.4) is 0 Å². The van der Waals surface area contributed by atoms with Crippen LogP contribution in [0.5, 0.6) is 11.5 Å². The summed E-state index contributed by atoms with van der Waals surface area (Å²) in [7, 11) is 0. The van der Waals surface area contributed by atoms with Crippen molar-refractivity contribution in [3.8, 4) is 11.5 Å². The van der Waals surface area contributed by atoms with Gasteiger partial charge in [0.2, 0.25) is 0 Å². The minimum Gasteiger partial charge on any atom is -0.486 e. The van der Waals surface area contributed by atoms with Crippen molar-refractivity contribution in [1.82, 2.24) is 15.3 Å². The molecule has 0 unspecified atom stereocenters. The molecule has 0 saturated heterocycles. The summed E-state index contributed by atoms with van der Waals surface area (Å²) >= 11 is 0. The lowest BCUT2D eigenvalue weighted by atomic mass is 10.2. The molecule has 0 bridgehead atoms. The lowest BCUT2D eigenvalue weighted by Gasteiger charge is -2.26. The number of nitrogens with one attached hydrogen (secondary N) is 1. The topological polar surface area (TPSA) is 99.6 Å². The van der Waals surface area contributed by atoms with Crippen molar-refractivity contribution in [2.75, 3.05) is 19.8 Å². The molecule has 0 saturated carbocycles. The first-order valence-electron chi connectivity index (χ1n) is 7.73. The zero-order valence-corrected chi connectivity index (χ0v) is 13.6. The van der Waals surface area contributed by atoms with Crippen LogP contribution in [-0.4, -0.2) is 47.7 Å². The quantitative estimate of drug-likeness (QED) is 0.805. The normalized spacial score (nSPS) is 15.3. The number of para-hydroxylation sites is 2. The van der Waals surface area contributed by atoms with Crippen LogP contribution < -0.4 is 14.8 Å². The van der Waals surface area contributed by atoms with E-state index in [1.165, 1.54) is 12.4 Å². The van der Waals surface area contributed by atoms with E-state index in [1.54, 1.807) is 13.0 Å². The van der Waals surface area contributed by atoms with Gasteiger partial charge < -0.3 is 19.5 Å². The van der Waals surface area contributed by atoms with Crippen LogP contribution in [0.1, 0.15) is 16.2 Å². The van der Waals surface area contributed by atoms with Crippen LogP contribution in [0.25, 0.3) is 0 Å². The van der Waals surface area contributed by atoms with Gasteiger partial charge in [0.1, 0.15) is 12.7 Å². The Hall–Kier alpha value is -3.16. The number of carbonyl (C=O) groups is 2. The van der Waals surface area contributed by atoms with Crippen molar-refractivity contribution in [1.29, 1.82) is 0 Å². The molecule has 1 atom stereocenters. The molecule has 0 aliphatic carbocycles. The fourth-order valence-electron chi connectivity index (χ4n) is 2.15. The lowest BCUT2D eigenvalue weighted by Crippen LogP contribution is -2.42. The average Bonchev–Trinajstić information content (AvgIpc) is 2.65. The van der Waals surface area contributed by atoms with Gasteiger partial charge in [-0.1, -0.05) is 12.1 Å². The number of nitrogens with zero attached hydrogens (tertiary/aromatic N) is 2. The van der Waals surface area contributed by atoms with E-state index in [2.05, 4.69) is 15.3 Å². The van der Waals surface area contributed by atoms with E-state index < -0.39 is 18.5 Å². The molecule has 2 heterocycles. The van der Waals surface area contributed by atoms with E-state index in [-0.39, 0.29) is 18.3 Å². The van der Waals surface area contributed by atoms with E-state index >= 15 is 0 Å². The first-order valence-corrected chi connectivity index (χ1v) is 7.73. The number of benzene rings is 1. The van der Waals surface area contributed by atoms with Gasteiger partial charge in [-0.15, -0.1) is 0 Å². The molecule has 0 spiro atoms. The van der Waals surface area contributed by atoms with Crippen LogP contribution >= 0.6 is 0 Å². The molecule has 1 aliphatic heterocycles. The second-order valence-corrected chi connectivity index (χ2v) is 5.42. The van der Waals surface area contributed by atoms with Gasteiger partial charge in [-0.05, 0) is 19.1 Å². The minimum absolute atomic E-state index is 0.0546. The second kappa shape index (κ2) is 7.61. The molecule has 8 nitrogen and oxygen atoms in total. The number of amides is 1. The molecule has 1 aromatic carbocycles. The third-order valence-electron chi connectivity index (χ3n) is 3.42. The fourth-order valence-corrected chi connectivity index (χ4v) is 2.15. The predicted octanol–water partition coefficient (Wildman–Crippen LogP) is 0.898. The summed E-state index contributed by atoms with van der Waals surface area (Å²) in [5.74, 6) is 0.181. The largest absolute Gasteiger partial charge is 0.486 e. The van der Waals surface area contributed by atoms with Crippen molar-refractivity contribution in [3.63, 3.8) is 0 Å². The maximum absolute atomic E-state index is 11.8. The summed E-state index contributed by atoms with van der Waals surface area (Å²) in [5.41, 5.74) is 0.740. The molecule has 1 N–H and O–H groups in total. The highest BCUT2D eigenvalue weighted by atomic mass is 16.6. The van der Waals surface area contributed by atoms with Crippen LogP contribution in [0.2, 0.25) is 0 Å². The summed E-state index contributed by atoms with van der Waals surface area (Å²) in [6, 6.07) is 7.32. The third-order valence-corrected chi connectivity index (χ3v) is 3.42. The number of ether oxygens (including phenoxy) is 3. The number of hydrogen-bond donors (Lipinski definition) is 1. The van der Waals surface area contributed by atoms with Gasteiger partial charge in [0.25, 0.3) is 5.91 Å². The summed E-state index contributed by atoms with van der Waals surface area (Å²) in [6.07, 6.45) is 2.45. The van der Waals surface area contributed by atoms with E-state index in [0.717, 1.165) is 0 Å². The monoisotopic (exact) mass is 343 g/mol. The van der Waals surface area contributed by atoms with E-state index in [0.29, 0.717) is 23.8 Å². The molecular weight excluding hydrogens is 326 g/mol. The summed E-state index contributed by atoms with van der Waals surface area (Å²) in [6.45, 7) is 1.93. The summed E-state index contributed by atoms with van der Waals surface area (Å²) in [5, 5.41) is 2.64. The predicted molar refractivity (Wildman–Crippen MR) is 86.4 cm³/mol. The molecule has 25 heavy (non-hydrogen) atoms. The number of aryl methyl sites for hydroxylation is 1. The SMILES string of the molecule is Cc1cnc(C(=O)OCC(=O)NC[C@@H]2COc3ccccc3O2)cn1. The standard InChI is InChI=1S/C17H17N3O5/c1-11-6-19-13(8-18-11)17(22)24-10-16(21)20-7-12-9-23-14-4-2-3-5-15(14)25-12/h2-6,8,12H,7,9-10H2,1H3,(H,20,21)/t12-/m1/s1. The summed E-state index contributed by atoms with van der Waals surface area (Å²) in [4.78, 5) is 31.4. The van der Waals surface area contributed by atoms with Crippen molar-refractivity contribution < 1.29 is 23.8 Å². The van der Waals surface area contributed by atoms with E-state index in [9.17, 15) is 9.59 Å². The Kier molecular flexibility index (Phi) is 5.08. The van der Waals surface area contributed by atoms with Gasteiger partial charge in [-0.2, -0.15) is 0 Å². The Morgan fingerprint density at radius 1 is 1.24 bits per heavy atom. The Morgan fingerprint density at radius 2 is 2.04 bits per heavy atom. The van der Waals surface area contributed by atoms with Crippen molar-refractivity contribution >= 4 is 11.9 Å². The highest BCUT2D eigenvalue weighted by molar-refractivity contribution is 5.89. The molecule has 8 heteroatoms. The zero-order valence-electron chi connectivity index (χ0n) is 13.6. The Labute approximate surface area is 144 Å². The Balaban J connectivity index is 1.41. The van der Waals surface area contributed by atoms with Crippen molar-refractivity contribution in [3.05, 3.63) is 48.0 Å². The fraction of sp³-hybridized carbons (Fsp3) is 0.294. The Morgan fingerprint density at radius 3 is 2.80 bits per heavy atom. The van der Waals surface area contributed by atoms with Crippen LogP contribution in [0, 0.1) is 6.92 Å². The van der Waals surface area contributed by atoms with Crippen LogP contribution in [0.15, 0.2) is 36.7 Å². The molecule has 130 valence electrons. The smallest absolute Gasteiger partial charge is 0.359 e. The number of carbonyl (C=O) groups excluding carboxylic acids is 2. The highest BCUT2D eigenvalue weighted by Crippen LogP contribution is 2.30. The molecule has 3 rings (SSSR count). The number of fused-ring (bicyclic) bond motifs is 1. The maximum atomic E-state index is 11.8. The lowest BCUT2D eigenvalue weighted by molar-refractivity contribution is -0.124. The maximum Gasteiger partial charge on any atom is 0.359 e. The third kappa shape index (κ3) is 4.43. The van der Waals surface area contributed by atoms with Crippen molar-refractivity contribution in [2.45, 2.75) is 13.0 Å². The van der Waals surface area contributed by atoms with Crippen LogP contribution in [-0.2, 0) is 9.53 Å². The highest BCUT2D eigenvalue weighted by Gasteiger charge is 2.21. The number of esters is 1. The van der Waals surface area contributed by atoms with Gasteiger partial charge >= 0.3 is 5.97 Å².